The zero-order chi connectivity index (χ0) is 21.3. The summed E-state index contributed by atoms with van der Waals surface area (Å²) in [6, 6.07) is 0.0129. The zero-order valence-corrected chi connectivity index (χ0v) is 21.4. The number of aryl methyl sites for hydroxylation is 1. The normalized spacial score (nSPS) is 12.9. The summed E-state index contributed by atoms with van der Waals surface area (Å²) in [7, 11) is 3.84. The van der Waals surface area contributed by atoms with Crippen molar-refractivity contribution >= 4 is 36.0 Å². The average molecular weight is 523 g/mol. The summed E-state index contributed by atoms with van der Waals surface area (Å²) < 4.78 is 7.10. The van der Waals surface area contributed by atoms with Gasteiger partial charge in [-0.2, -0.15) is 5.10 Å². The van der Waals surface area contributed by atoms with Gasteiger partial charge in [-0.15, -0.1) is 24.0 Å². The number of carbonyl (C=O) groups is 1. The number of nitrogens with one attached hydrogen (secondary N) is 2. The van der Waals surface area contributed by atoms with Crippen molar-refractivity contribution in [3.05, 3.63) is 12.2 Å². The van der Waals surface area contributed by atoms with Crippen molar-refractivity contribution in [3.63, 3.8) is 0 Å². The van der Waals surface area contributed by atoms with Crippen LogP contribution in [-0.2, 0) is 18.3 Å². The van der Waals surface area contributed by atoms with Crippen molar-refractivity contribution in [1.29, 1.82) is 0 Å². The summed E-state index contributed by atoms with van der Waals surface area (Å²) in [6.07, 6.45) is 1.93. The molecule has 29 heavy (non-hydrogen) atoms. The van der Waals surface area contributed by atoms with Gasteiger partial charge < -0.3 is 20.3 Å². The van der Waals surface area contributed by atoms with E-state index in [4.69, 9.17) is 4.74 Å². The fourth-order valence-electron chi connectivity index (χ4n) is 2.55. The van der Waals surface area contributed by atoms with E-state index in [1.54, 1.807) is 4.68 Å². The monoisotopic (exact) mass is 523 g/mol. The number of halogens is 1. The van der Waals surface area contributed by atoms with E-state index in [-0.39, 0.29) is 36.1 Å². The summed E-state index contributed by atoms with van der Waals surface area (Å²) in [5, 5.41) is 10.4. The van der Waals surface area contributed by atoms with E-state index in [0.29, 0.717) is 12.5 Å². The van der Waals surface area contributed by atoms with Crippen LogP contribution in [0.15, 0.2) is 11.3 Å². The molecular weight excluding hydrogens is 485 g/mol. The molecule has 1 amide bonds. The number of hydrogen-bond acceptors (Lipinski definition) is 5. The zero-order valence-electron chi connectivity index (χ0n) is 19.0. The number of amides is 1. The highest BCUT2D eigenvalue weighted by Crippen LogP contribution is 2.11. The SMILES string of the molecule is CCNC(=NCc1ncnn1C)N(C)CCC(NC(=O)OC(C)(C)C)C(C)C.I. The molecule has 0 saturated heterocycles. The van der Waals surface area contributed by atoms with Gasteiger partial charge in [-0.1, -0.05) is 13.8 Å². The summed E-state index contributed by atoms with van der Waals surface area (Å²) >= 11 is 0. The Bertz CT molecular complexity index is 641. The van der Waals surface area contributed by atoms with E-state index in [9.17, 15) is 4.79 Å². The summed E-state index contributed by atoms with van der Waals surface area (Å²) in [4.78, 5) is 23.0. The van der Waals surface area contributed by atoms with E-state index in [2.05, 4.69) is 44.5 Å². The second-order valence-corrected chi connectivity index (χ2v) is 8.18. The number of aliphatic imine (C=N–C) groups is 1. The average Bonchev–Trinajstić information content (AvgIpc) is 2.98. The maximum absolute atomic E-state index is 12.1. The second-order valence-electron chi connectivity index (χ2n) is 8.18. The van der Waals surface area contributed by atoms with Crippen molar-refractivity contribution in [2.45, 2.75) is 66.2 Å². The van der Waals surface area contributed by atoms with Gasteiger partial charge >= 0.3 is 6.09 Å². The van der Waals surface area contributed by atoms with Crippen molar-refractivity contribution < 1.29 is 9.53 Å². The summed E-state index contributed by atoms with van der Waals surface area (Å²) in [5.41, 5.74) is -0.507. The first-order valence-corrected chi connectivity index (χ1v) is 9.85. The highest BCUT2D eigenvalue weighted by molar-refractivity contribution is 14.0. The van der Waals surface area contributed by atoms with Crippen LogP contribution in [0.4, 0.5) is 4.79 Å². The number of rotatable bonds is 8. The van der Waals surface area contributed by atoms with Crippen LogP contribution in [-0.4, -0.2) is 63.5 Å². The lowest BCUT2D eigenvalue weighted by Crippen LogP contribution is -2.45. The highest BCUT2D eigenvalue weighted by Gasteiger charge is 2.22. The molecule has 0 fully saturated rings. The van der Waals surface area contributed by atoms with E-state index in [1.165, 1.54) is 6.33 Å². The van der Waals surface area contributed by atoms with Crippen LogP contribution >= 0.6 is 24.0 Å². The Balaban J connectivity index is 0.00000784. The Morgan fingerprint density at radius 1 is 1.38 bits per heavy atom. The quantitative estimate of drug-likeness (QED) is 0.309. The molecule has 9 nitrogen and oxygen atoms in total. The minimum Gasteiger partial charge on any atom is -0.444 e. The van der Waals surface area contributed by atoms with Crippen molar-refractivity contribution in [2.75, 3.05) is 20.1 Å². The fourth-order valence-corrected chi connectivity index (χ4v) is 2.55. The molecule has 0 saturated carbocycles. The fraction of sp³-hybridized carbons (Fsp3) is 0.789. The van der Waals surface area contributed by atoms with Crippen molar-refractivity contribution in [2.24, 2.45) is 18.0 Å². The third-order valence-corrected chi connectivity index (χ3v) is 4.15. The Hall–Kier alpha value is -1.59. The molecule has 0 bridgehead atoms. The molecule has 0 aliphatic carbocycles. The maximum Gasteiger partial charge on any atom is 0.407 e. The third kappa shape index (κ3) is 10.7. The Morgan fingerprint density at radius 2 is 2.03 bits per heavy atom. The Labute approximate surface area is 192 Å². The standard InChI is InChI=1S/C19H37N7O2.HI/c1-9-20-17(21-12-16-22-13-23-26(16)8)25(7)11-10-15(14(2)3)24-18(27)28-19(4,5)6;/h13-15H,9-12H2,1-8H3,(H,20,21)(H,24,27);1H. The lowest BCUT2D eigenvalue weighted by atomic mass is 10.0. The number of hydrogen-bond donors (Lipinski definition) is 2. The highest BCUT2D eigenvalue weighted by atomic mass is 127. The maximum atomic E-state index is 12.1. The smallest absolute Gasteiger partial charge is 0.407 e. The number of nitrogens with zero attached hydrogens (tertiary/aromatic N) is 5. The van der Waals surface area contributed by atoms with E-state index >= 15 is 0 Å². The Kier molecular flexibility index (Phi) is 12.2. The molecule has 0 aliphatic rings. The minimum atomic E-state index is -0.507. The van der Waals surface area contributed by atoms with Crippen LogP contribution in [0.1, 0.15) is 53.8 Å². The lowest BCUT2D eigenvalue weighted by Gasteiger charge is -2.28. The molecule has 1 unspecified atom stereocenters. The number of guanidine groups is 1. The second kappa shape index (κ2) is 12.9. The first-order valence-electron chi connectivity index (χ1n) is 9.85. The minimum absolute atomic E-state index is 0. The van der Waals surface area contributed by atoms with Crippen LogP contribution in [0.25, 0.3) is 0 Å². The van der Waals surface area contributed by atoms with E-state index in [1.807, 2.05) is 41.8 Å². The van der Waals surface area contributed by atoms with Crippen LogP contribution < -0.4 is 10.6 Å². The van der Waals surface area contributed by atoms with Gasteiger partial charge in [-0.3, -0.25) is 4.68 Å². The van der Waals surface area contributed by atoms with Gasteiger partial charge in [0.25, 0.3) is 0 Å². The van der Waals surface area contributed by atoms with Gasteiger partial charge in [-0.25, -0.2) is 14.8 Å². The largest absolute Gasteiger partial charge is 0.444 e. The lowest BCUT2D eigenvalue weighted by molar-refractivity contribution is 0.0486. The van der Waals surface area contributed by atoms with Crippen LogP contribution in [0.3, 0.4) is 0 Å². The first-order chi connectivity index (χ1) is 13.0. The molecule has 168 valence electrons. The van der Waals surface area contributed by atoms with Gasteiger partial charge in [0.05, 0.1) is 0 Å². The molecule has 1 atom stereocenters. The molecule has 2 N–H and O–H groups in total. The predicted octanol–water partition coefficient (Wildman–Crippen LogP) is 2.77. The molecule has 0 spiro atoms. The van der Waals surface area contributed by atoms with Crippen LogP contribution in [0.5, 0.6) is 0 Å². The molecule has 1 rings (SSSR count). The number of aromatic nitrogens is 3. The van der Waals surface area contributed by atoms with Crippen molar-refractivity contribution in [3.8, 4) is 0 Å². The van der Waals surface area contributed by atoms with E-state index < -0.39 is 5.60 Å². The summed E-state index contributed by atoms with van der Waals surface area (Å²) in [5.74, 6) is 1.89. The van der Waals surface area contributed by atoms with E-state index in [0.717, 1.165) is 31.3 Å². The molecule has 1 aromatic rings. The number of ether oxygens (including phenoxy) is 1. The molecule has 10 heteroatoms. The molecule has 0 aliphatic heterocycles. The molecule has 1 heterocycles. The number of alkyl carbamates (subject to hydrolysis) is 1. The molecule has 0 radical (unpaired) electrons. The van der Waals surface area contributed by atoms with Gasteiger partial charge in [0, 0.05) is 33.2 Å². The molecule has 1 aromatic heterocycles. The van der Waals surface area contributed by atoms with Gasteiger partial charge in [-0.05, 0) is 40.0 Å². The Morgan fingerprint density at radius 3 is 2.52 bits per heavy atom. The topological polar surface area (TPSA) is 96.7 Å². The third-order valence-electron chi connectivity index (χ3n) is 4.15. The van der Waals surface area contributed by atoms with Gasteiger partial charge in [0.1, 0.15) is 24.3 Å². The van der Waals surface area contributed by atoms with Crippen molar-refractivity contribution in [1.82, 2.24) is 30.3 Å². The first kappa shape index (κ1) is 27.4. The summed E-state index contributed by atoms with van der Waals surface area (Å²) in [6.45, 7) is 13.8. The van der Waals surface area contributed by atoms with Gasteiger partial charge in [0.2, 0.25) is 0 Å². The van der Waals surface area contributed by atoms with Gasteiger partial charge in [0.15, 0.2) is 5.96 Å². The van der Waals surface area contributed by atoms with Crippen LogP contribution in [0.2, 0.25) is 0 Å². The number of carbonyl (C=O) groups excluding carboxylic acids is 1. The van der Waals surface area contributed by atoms with Crippen LogP contribution in [0, 0.1) is 5.92 Å². The molecular formula is C19H38IN7O2. The predicted molar refractivity (Wildman–Crippen MR) is 126 cm³/mol. The molecule has 0 aromatic carbocycles.